The largest absolute Gasteiger partial charge is 0.494 e. The van der Waals surface area contributed by atoms with Crippen LogP contribution in [0.15, 0.2) is 66.7 Å². The van der Waals surface area contributed by atoms with E-state index in [4.69, 9.17) is 4.74 Å². The average Bonchev–Trinajstić information content (AvgIpc) is 3.21. The first-order valence-corrected chi connectivity index (χ1v) is 12.5. The fourth-order valence-corrected chi connectivity index (χ4v) is 5.44. The summed E-state index contributed by atoms with van der Waals surface area (Å²) in [4.78, 5) is 30.1. The third-order valence-corrected chi connectivity index (χ3v) is 7.26. The Kier molecular flexibility index (Phi) is 7.01. The van der Waals surface area contributed by atoms with Crippen LogP contribution >= 0.6 is 0 Å². The Morgan fingerprint density at radius 2 is 1.74 bits per heavy atom. The zero-order valence-corrected chi connectivity index (χ0v) is 20.8. The molecule has 2 heterocycles. The number of benzene rings is 3. The summed E-state index contributed by atoms with van der Waals surface area (Å²) in [5.74, 6) is -0.642. The molecule has 0 saturated carbocycles. The second-order valence-electron chi connectivity index (χ2n) is 9.46. The SMILES string of the molecule is CCOc1cccc(C(=O)N2CCC3(CC2)CN(C(=O)c2ccccc2OC(F)F)c2ccc(F)cc23)c1. The van der Waals surface area contributed by atoms with E-state index >= 15 is 0 Å². The van der Waals surface area contributed by atoms with Crippen molar-refractivity contribution in [2.24, 2.45) is 0 Å². The molecule has 0 bridgehead atoms. The van der Waals surface area contributed by atoms with E-state index in [0.717, 1.165) is 0 Å². The maximum absolute atomic E-state index is 14.4. The zero-order chi connectivity index (χ0) is 26.9. The minimum Gasteiger partial charge on any atom is -0.494 e. The number of ether oxygens (including phenoxy) is 2. The number of piperidine rings is 1. The predicted molar refractivity (Wildman–Crippen MR) is 136 cm³/mol. The Morgan fingerprint density at radius 3 is 2.47 bits per heavy atom. The minimum atomic E-state index is -3.08. The number of alkyl halides is 2. The number of hydrogen-bond acceptors (Lipinski definition) is 4. The van der Waals surface area contributed by atoms with Gasteiger partial charge >= 0.3 is 6.61 Å². The fraction of sp³-hybridized carbons (Fsp3) is 0.310. The molecule has 0 atom stereocenters. The third kappa shape index (κ3) is 4.80. The van der Waals surface area contributed by atoms with Crippen LogP contribution in [0.1, 0.15) is 46.0 Å². The van der Waals surface area contributed by atoms with E-state index in [1.165, 1.54) is 35.2 Å². The highest BCUT2D eigenvalue weighted by atomic mass is 19.3. The lowest BCUT2D eigenvalue weighted by atomic mass is 9.74. The highest BCUT2D eigenvalue weighted by Crippen LogP contribution is 2.48. The summed E-state index contributed by atoms with van der Waals surface area (Å²) >= 11 is 0. The van der Waals surface area contributed by atoms with Gasteiger partial charge in [-0.2, -0.15) is 8.78 Å². The Balaban J connectivity index is 1.39. The predicted octanol–water partition coefficient (Wildman–Crippen LogP) is 5.66. The van der Waals surface area contributed by atoms with Crippen LogP contribution in [0.2, 0.25) is 0 Å². The van der Waals surface area contributed by atoms with Gasteiger partial charge in [-0.25, -0.2) is 4.39 Å². The van der Waals surface area contributed by atoms with Gasteiger partial charge in [0.2, 0.25) is 0 Å². The normalized spacial score (nSPS) is 16.0. The van der Waals surface area contributed by atoms with Crippen molar-refractivity contribution in [2.75, 3.05) is 31.1 Å². The topological polar surface area (TPSA) is 59.1 Å². The van der Waals surface area contributed by atoms with Gasteiger partial charge in [-0.3, -0.25) is 9.59 Å². The van der Waals surface area contributed by atoms with Gasteiger partial charge in [-0.1, -0.05) is 18.2 Å². The van der Waals surface area contributed by atoms with E-state index in [1.807, 2.05) is 6.92 Å². The summed E-state index contributed by atoms with van der Waals surface area (Å²) in [7, 11) is 0. The number of hydrogen-bond donors (Lipinski definition) is 0. The molecule has 198 valence electrons. The Labute approximate surface area is 218 Å². The van der Waals surface area contributed by atoms with Gasteiger partial charge in [0.1, 0.15) is 17.3 Å². The number of halogens is 3. The highest BCUT2D eigenvalue weighted by Gasteiger charge is 2.47. The molecule has 1 saturated heterocycles. The van der Waals surface area contributed by atoms with E-state index in [0.29, 0.717) is 55.1 Å². The van der Waals surface area contributed by atoms with Crippen molar-refractivity contribution < 1.29 is 32.2 Å². The number of rotatable bonds is 6. The lowest BCUT2D eigenvalue weighted by molar-refractivity contribution is -0.0501. The number of fused-ring (bicyclic) bond motifs is 2. The van der Waals surface area contributed by atoms with Gasteiger partial charge in [0, 0.05) is 36.3 Å². The van der Waals surface area contributed by atoms with Crippen molar-refractivity contribution in [1.29, 1.82) is 0 Å². The monoisotopic (exact) mass is 524 g/mol. The summed E-state index contributed by atoms with van der Waals surface area (Å²) in [5, 5.41) is 0. The smallest absolute Gasteiger partial charge is 0.387 e. The molecule has 5 rings (SSSR count). The van der Waals surface area contributed by atoms with Crippen LogP contribution in [0.5, 0.6) is 11.5 Å². The molecule has 1 spiro atoms. The Hall–Kier alpha value is -4.01. The summed E-state index contributed by atoms with van der Waals surface area (Å²) in [6.45, 7) is 0.371. The van der Waals surface area contributed by atoms with Crippen molar-refractivity contribution in [2.45, 2.75) is 31.8 Å². The van der Waals surface area contributed by atoms with Crippen molar-refractivity contribution >= 4 is 17.5 Å². The molecule has 3 aromatic carbocycles. The average molecular weight is 525 g/mol. The second kappa shape index (κ2) is 10.4. The number of anilines is 1. The van der Waals surface area contributed by atoms with Crippen LogP contribution < -0.4 is 14.4 Å². The molecule has 3 aromatic rings. The number of para-hydroxylation sites is 1. The molecule has 9 heteroatoms. The first kappa shape index (κ1) is 25.6. The second-order valence-corrected chi connectivity index (χ2v) is 9.46. The summed E-state index contributed by atoms with van der Waals surface area (Å²) in [6.07, 6.45) is 1.03. The maximum atomic E-state index is 14.4. The van der Waals surface area contributed by atoms with Gasteiger partial charge in [-0.15, -0.1) is 0 Å². The number of carbonyl (C=O) groups excluding carboxylic acids is 2. The standard InChI is InChI=1S/C29H27F3N2O4/c1-2-37-21-7-5-6-19(16-21)26(35)33-14-12-29(13-15-33)18-34(24-11-10-20(30)17-23(24)29)27(36)22-8-3-4-9-25(22)38-28(31)32/h3-11,16-17,28H,2,12-15,18H2,1H3. The van der Waals surface area contributed by atoms with Gasteiger partial charge < -0.3 is 19.3 Å². The van der Waals surface area contributed by atoms with Crippen molar-refractivity contribution in [1.82, 2.24) is 4.90 Å². The summed E-state index contributed by atoms with van der Waals surface area (Å²) < 4.78 is 50.4. The highest BCUT2D eigenvalue weighted by molar-refractivity contribution is 6.09. The zero-order valence-electron chi connectivity index (χ0n) is 20.8. The third-order valence-electron chi connectivity index (χ3n) is 7.26. The molecule has 0 aliphatic carbocycles. The molecule has 0 aromatic heterocycles. The number of carbonyl (C=O) groups is 2. The van der Waals surface area contributed by atoms with Gasteiger partial charge in [0.05, 0.1) is 12.2 Å². The van der Waals surface area contributed by atoms with Crippen LogP contribution in [0, 0.1) is 5.82 Å². The lowest BCUT2D eigenvalue weighted by Gasteiger charge is -2.40. The van der Waals surface area contributed by atoms with E-state index < -0.39 is 23.8 Å². The molecular formula is C29H27F3N2O4. The molecule has 0 N–H and O–H groups in total. The molecule has 0 radical (unpaired) electrons. The van der Waals surface area contributed by atoms with Crippen LogP contribution in [0.4, 0.5) is 18.9 Å². The Bertz CT molecular complexity index is 1360. The molecule has 2 amide bonds. The van der Waals surface area contributed by atoms with E-state index in [2.05, 4.69) is 4.74 Å². The molecule has 2 aliphatic rings. The molecule has 0 unspecified atom stereocenters. The number of amides is 2. The maximum Gasteiger partial charge on any atom is 0.387 e. The van der Waals surface area contributed by atoms with Crippen molar-refractivity contribution in [3.8, 4) is 11.5 Å². The number of nitrogens with zero attached hydrogens (tertiary/aromatic N) is 2. The molecule has 1 fully saturated rings. The first-order valence-electron chi connectivity index (χ1n) is 12.5. The van der Waals surface area contributed by atoms with Gasteiger partial charge in [0.25, 0.3) is 11.8 Å². The van der Waals surface area contributed by atoms with Crippen LogP contribution in [0.3, 0.4) is 0 Å². The molecule has 38 heavy (non-hydrogen) atoms. The van der Waals surface area contributed by atoms with Crippen molar-refractivity contribution in [3.63, 3.8) is 0 Å². The van der Waals surface area contributed by atoms with Crippen molar-refractivity contribution in [3.05, 3.63) is 89.2 Å². The lowest BCUT2D eigenvalue weighted by Crippen LogP contribution is -2.47. The molecule has 6 nitrogen and oxygen atoms in total. The quantitative estimate of drug-likeness (QED) is 0.418. The fourth-order valence-electron chi connectivity index (χ4n) is 5.44. The number of likely N-dealkylation sites (tertiary alicyclic amines) is 1. The summed E-state index contributed by atoms with van der Waals surface area (Å²) in [6, 6.07) is 17.2. The van der Waals surface area contributed by atoms with Gasteiger partial charge in [-0.05, 0) is 73.9 Å². The molecule has 2 aliphatic heterocycles. The minimum absolute atomic E-state index is 0.00178. The van der Waals surface area contributed by atoms with E-state index in [1.54, 1.807) is 41.3 Å². The molecular weight excluding hydrogens is 497 g/mol. The first-order chi connectivity index (χ1) is 18.3. The van der Waals surface area contributed by atoms with E-state index in [9.17, 15) is 22.8 Å². The Morgan fingerprint density at radius 1 is 0.974 bits per heavy atom. The van der Waals surface area contributed by atoms with Crippen LogP contribution in [-0.2, 0) is 5.41 Å². The van der Waals surface area contributed by atoms with Gasteiger partial charge in [0.15, 0.2) is 0 Å². The van der Waals surface area contributed by atoms with Crippen LogP contribution in [0.25, 0.3) is 0 Å². The van der Waals surface area contributed by atoms with E-state index in [-0.39, 0.29) is 23.8 Å². The van der Waals surface area contributed by atoms with Crippen LogP contribution in [-0.4, -0.2) is 49.6 Å². The summed E-state index contributed by atoms with van der Waals surface area (Å²) in [5.41, 5.74) is 1.17.